The SMILES string of the molecule is COCCOCCOCCOCCOCCOCCOCCO[C@H]1CC[C@H]2[C@H]3Cc4ccc(O)cc4[C@@]2(CCN3C)C1. The number of benzene rings is 1. The Balaban J connectivity index is 0.974. The van der Waals surface area contributed by atoms with Gasteiger partial charge in [-0.2, -0.15) is 0 Å². The van der Waals surface area contributed by atoms with Crippen LogP contribution in [0.2, 0.25) is 0 Å². The van der Waals surface area contributed by atoms with Crippen molar-refractivity contribution in [1.82, 2.24) is 4.90 Å². The van der Waals surface area contributed by atoms with E-state index >= 15 is 0 Å². The minimum atomic E-state index is 0.115. The summed E-state index contributed by atoms with van der Waals surface area (Å²) in [5, 5.41) is 10.3. The van der Waals surface area contributed by atoms with Crippen LogP contribution in [0.25, 0.3) is 0 Å². The number of methoxy groups -OCH3 is 1. The van der Waals surface area contributed by atoms with E-state index in [1.807, 2.05) is 12.1 Å². The molecule has 2 fully saturated rings. The molecule has 2 bridgehead atoms. The fraction of sp³-hybridized carbons (Fsp3) is 0.812. The Hall–Kier alpha value is -1.34. The second-order valence-electron chi connectivity index (χ2n) is 11.5. The zero-order chi connectivity index (χ0) is 29.5. The third-order valence-corrected chi connectivity index (χ3v) is 8.97. The van der Waals surface area contributed by atoms with Crippen LogP contribution in [0.15, 0.2) is 18.2 Å². The molecule has 0 aromatic heterocycles. The maximum absolute atomic E-state index is 10.3. The molecule has 4 rings (SSSR count). The molecule has 3 aliphatic rings. The van der Waals surface area contributed by atoms with Crippen molar-refractivity contribution in [3.05, 3.63) is 29.3 Å². The van der Waals surface area contributed by atoms with Crippen molar-refractivity contribution in [1.29, 1.82) is 0 Å². The van der Waals surface area contributed by atoms with Crippen molar-refractivity contribution in [2.75, 3.05) is 113 Å². The third kappa shape index (κ3) is 9.84. The molecule has 4 atom stereocenters. The Labute approximate surface area is 251 Å². The molecule has 10 heteroatoms. The van der Waals surface area contributed by atoms with Gasteiger partial charge in [-0.25, -0.2) is 0 Å². The van der Waals surface area contributed by atoms with Crippen LogP contribution in [0.4, 0.5) is 0 Å². The van der Waals surface area contributed by atoms with Crippen molar-refractivity contribution in [3.63, 3.8) is 0 Å². The van der Waals surface area contributed by atoms with Gasteiger partial charge < -0.3 is 47.9 Å². The monoisotopic (exact) mass is 595 g/mol. The van der Waals surface area contributed by atoms with Gasteiger partial charge in [0, 0.05) is 18.6 Å². The number of fused-ring (bicyclic) bond motifs is 1. The Bertz CT molecular complexity index is 890. The molecule has 1 aromatic rings. The molecular weight excluding hydrogens is 542 g/mol. The molecular formula is C32H53NO9. The molecule has 1 aliphatic heterocycles. The van der Waals surface area contributed by atoms with Crippen LogP contribution in [0, 0.1) is 5.92 Å². The van der Waals surface area contributed by atoms with Crippen LogP contribution >= 0.6 is 0 Å². The van der Waals surface area contributed by atoms with Gasteiger partial charge in [0.2, 0.25) is 0 Å². The van der Waals surface area contributed by atoms with Crippen molar-refractivity contribution < 1.29 is 43.0 Å². The van der Waals surface area contributed by atoms with Gasteiger partial charge in [0.05, 0.1) is 98.6 Å². The zero-order valence-electron chi connectivity index (χ0n) is 25.8. The van der Waals surface area contributed by atoms with E-state index in [2.05, 4.69) is 18.0 Å². The first-order valence-corrected chi connectivity index (χ1v) is 15.7. The van der Waals surface area contributed by atoms with Gasteiger partial charge in [-0.3, -0.25) is 0 Å². The summed E-state index contributed by atoms with van der Waals surface area (Å²) in [5.41, 5.74) is 2.89. The topological polar surface area (TPSA) is 97.3 Å². The average Bonchev–Trinajstić information content (AvgIpc) is 3.00. The summed E-state index contributed by atoms with van der Waals surface area (Å²) in [5.74, 6) is 1.02. The largest absolute Gasteiger partial charge is 0.508 e. The van der Waals surface area contributed by atoms with E-state index in [-0.39, 0.29) is 11.5 Å². The molecule has 2 aliphatic carbocycles. The van der Waals surface area contributed by atoms with E-state index in [1.54, 1.807) is 7.11 Å². The summed E-state index contributed by atoms with van der Waals surface area (Å²) in [6.45, 7) is 8.87. The third-order valence-electron chi connectivity index (χ3n) is 8.97. The number of phenols is 1. The molecule has 1 saturated carbocycles. The van der Waals surface area contributed by atoms with Crippen LogP contribution in [-0.4, -0.2) is 135 Å². The summed E-state index contributed by atoms with van der Waals surface area (Å²) < 4.78 is 44.3. The number of likely N-dealkylation sites (tertiary alicyclic amines) is 1. The summed E-state index contributed by atoms with van der Waals surface area (Å²) in [6.07, 6.45) is 5.76. The lowest BCUT2D eigenvalue weighted by atomic mass is 9.52. The van der Waals surface area contributed by atoms with Crippen LogP contribution in [-0.2, 0) is 49.7 Å². The summed E-state index contributed by atoms with van der Waals surface area (Å²) in [7, 11) is 3.93. The molecule has 1 saturated heterocycles. The Morgan fingerprint density at radius 2 is 1.31 bits per heavy atom. The van der Waals surface area contributed by atoms with E-state index in [0.29, 0.717) is 110 Å². The molecule has 0 unspecified atom stereocenters. The Morgan fingerprint density at radius 3 is 1.88 bits per heavy atom. The second-order valence-corrected chi connectivity index (χ2v) is 11.5. The van der Waals surface area contributed by atoms with Gasteiger partial charge in [-0.05, 0) is 74.9 Å². The van der Waals surface area contributed by atoms with E-state index in [1.165, 1.54) is 17.5 Å². The zero-order valence-corrected chi connectivity index (χ0v) is 25.8. The first-order chi connectivity index (χ1) is 20.6. The number of hydrogen-bond acceptors (Lipinski definition) is 10. The van der Waals surface area contributed by atoms with Gasteiger partial charge in [-0.15, -0.1) is 0 Å². The first-order valence-electron chi connectivity index (χ1n) is 15.7. The molecule has 42 heavy (non-hydrogen) atoms. The number of rotatable bonds is 22. The van der Waals surface area contributed by atoms with Gasteiger partial charge in [0.1, 0.15) is 5.75 Å². The fourth-order valence-electron chi connectivity index (χ4n) is 6.93. The number of ether oxygens (including phenoxy) is 8. The van der Waals surface area contributed by atoms with Gasteiger partial charge in [-0.1, -0.05) is 6.07 Å². The number of hydrogen-bond donors (Lipinski definition) is 1. The molecule has 0 spiro atoms. The first kappa shape index (κ1) is 33.6. The average molecular weight is 596 g/mol. The lowest BCUT2D eigenvalue weighted by molar-refractivity contribution is -0.0774. The van der Waals surface area contributed by atoms with E-state index in [4.69, 9.17) is 37.9 Å². The number of phenolic OH excluding ortho intramolecular Hbond substituents is 1. The van der Waals surface area contributed by atoms with Gasteiger partial charge in [0.15, 0.2) is 0 Å². The molecule has 0 radical (unpaired) electrons. The van der Waals surface area contributed by atoms with Crippen LogP contribution in [0.5, 0.6) is 5.75 Å². The minimum Gasteiger partial charge on any atom is -0.508 e. The lowest BCUT2D eigenvalue weighted by Gasteiger charge is -2.59. The quantitative estimate of drug-likeness (QED) is 0.202. The summed E-state index contributed by atoms with van der Waals surface area (Å²) in [6, 6.07) is 6.61. The number of nitrogens with zero attached hydrogens (tertiary/aromatic N) is 1. The maximum Gasteiger partial charge on any atom is 0.115 e. The highest BCUT2D eigenvalue weighted by molar-refractivity contribution is 5.45. The van der Waals surface area contributed by atoms with Crippen molar-refractivity contribution >= 4 is 0 Å². The molecule has 1 aromatic carbocycles. The smallest absolute Gasteiger partial charge is 0.115 e. The van der Waals surface area contributed by atoms with E-state index in [0.717, 1.165) is 32.2 Å². The predicted molar refractivity (Wildman–Crippen MR) is 158 cm³/mol. The predicted octanol–water partition coefficient (Wildman–Crippen LogP) is 2.82. The highest BCUT2D eigenvalue weighted by atomic mass is 16.6. The molecule has 1 N–H and O–H groups in total. The van der Waals surface area contributed by atoms with Crippen molar-refractivity contribution in [3.8, 4) is 5.75 Å². The van der Waals surface area contributed by atoms with Crippen LogP contribution in [0.3, 0.4) is 0 Å². The number of likely N-dealkylation sites (N-methyl/N-ethyl adjacent to an activating group) is 1. The maximum atomic E-state index is 10.3. The number of aromatic hydroxyl groups is 1. The summed E-state index contributed by atoms with van der Waals surface area (Å²) in [4.78, 5) is 2.56. The lowest BCUT2D eigenvalue weighted by Crippen LogP contribution is -2.61. The minimum absolute atomic E-state index is 0.115. The van der Waals surface area contributed by atoms with E-state index < -0.39 is 0 Å². The standard InChI is InChI=1S/C32H53NO9/c1-33-8-7-32-25-28(5-6-29(32)31(33)23-26-3-4-27(34)24-30(26)32)42-22-21-41-20-19-40-18-17-39-16-15-38-14-13-37-12-11-36-10-9-35-2/h3-4,24,28-29,31,34H,5-23,25H2,1-2H3/t28-,29-,31+,32-/m0/s1. The highest BCUT2D eigenvalue weighted by Crippen LogP contribution is 2.56. The van der Waals surface area contributed by atoms with Gasteiger partial charge >= 0.3 is 0 Å². The molecule has 1 heterocycles. The molecule has 240 valence electrons. The molecule has 0 amide bonds. The van der Waals surface area contributed by atoms with Crippen molar-refractivity contribution in [2.45, 2.75) is 49.7 Å². The normalized spacial score (nSPS) is 25.3. The fourth-order valence-corrected chi connectivity index (χ4v) is 6.93. The Kier molecular flexibility index (Phi) is 14.7. The highest BCUT2D eigenvalue weighted by Gasteiger charge is 2.55. The second kappa shape index (κ2) is 18.5. The van der Waals surface area contributed by atoms with Crippen LogP contribution in [0.1, 0.15) is 36.8 Å². The van der Waals surface area contributed by atoms with E-state index in [9.17, 15) is 5.11 Å². The molecule has 10 nitrogen and oxygen atoms in total. The van der Waals surface area contributed by atoms with Gasteiger partial charge in [0.25, 0.3) is 0 Å². The number of piperidine rings is 1. The Morgan fingerprint density at radius 1 is 0.762 bits per heavy atom. The summed E-state index contributed by atoms with van der Waals surface area (Å²) >= 11 is 0. The van der Waals surface area contributed by atoms with Crippen molar-refractivity contribution in [2.24, 2.45) is 5.92 Å². The van der Waals surface area contributed by atoms with Crippen LogP contribution < -0.4 is 0 Å².